The van der Waals surface area contributed by atoms with E-state index in [4.69, 9.17) is 5.73 Å². The van der Waals surface area contributed by atoms with Crippen LogP contribution in [0.1, 0.15) is 46.9 Å². The summed E-state index contributed by atoms with van der Waals surface area (Å²) < 4.78 is 3.17. The van der Waals surface area contributed by atoms with Crippen molar-refractivity contribution in [2.24, 2.45) is 11.1 Å². The molecule has 2 aliphatic rings. The Labute approximate surface area is 157 Å². The van der Waals surface area contributed by atoms with Gasteiger partial charge in [0.25, 0.3) is 0 Å². The zero-order valence-corrected chi connectivity index (χ0v) is 15.0. The van der Waals surface area contributed by atoms with Gasteiger partial charge in [0.2, 0.25) is 5.91 Å². The van der Waals surface area contributed by atoms with Gasteiger partial charge in [-0.3, -0.25) is 4.79 Å². The zero-order chi connectivity index (χ0) is 18.6. The minimum Gasteiger partial charge on any atom is -0.619 e. The van der Waals surface area contributed by atoms with E-state index in [1.165, 1.54) is 25.5 Å². The van der Waals surface area contributed by atoms with Crippen LogP contribution in [0.3, 0.4) is 0 Å². The minimum atomic E-state index is -0.412. The van der Waals surface area contributed by atoms with Crippen molar-refractivity contribution in [1.29, 1.82) is 0 Å². The van der Waals surface area contributed by atoms with Crippen LogP contribution in [0.4, 0.5) is 0 Å². The number of benzene rings is 1. The van der Waals surface area contributed by atoms with Crippen molar-refractivity contribution < 1.29 is 9.52 Å². The van der Waals surface area contributed by atoms with Crippen LogP contribution in [0.25, 0.3) is 10.9 Å². The quantitative estimate of drug-likeness (QED) is 0.541. The predicted octanol–water partition coefficient (Wildman–Crippen LogP) is 2.24. The molecule has 5 rings (SSSR count). The first kappa shape index (κ1) is 16.3. The molecule has 1 spiro atoms. The van der Waals surface area contributed by atoms with E-state index in [1.54, 1.807) is 18.3 Å². The third kappa shape index (κ3) is 2.59. The summed E-state index contributed by atoms with van der Waals surface area (Å²) in [7, 11) is 0. The molecule has 2 aromatic heterocycles. The summed E-state index contributed by atoms with van der Waals surface area (Å²) in [6, 6.07) is 11.5. The first-order valence-corrected chi connectivity index (χ1v) is 9.40. The van der Waals surface area contributed by atoms with Gasteiger partial charge in [-0.25, -0.2) is 0 Å². The first-order chi connectivity index (χ1) is 13.0. The third-order valence-electron chi connectivity index (χ3n) is 6.24. The number of carbonyl (C=O) groups excluding carboxylic acids is 1. The highest BCUT2D eigenvalue weighted by molar-refractivity contribution is 5.97. The van der Waals surface area contributed by atoms with Gasteiger partial charge in [0, 0.05) is 46.9 Å². The molecule has 27 heavy (non-hydrogen) atoms. The van der Waals surface area contributed by atoms with Crippen LogP contribution in [0.2, 0.25) is 0 Å². The zero-order valence-electron chi connectivity index (χ0n) is 15.0. The number of rotatable bonds is 2. The average molecular weight is 362 g/mol. The molecule has 6 nitrogen and oxygen atoms in total. The van der Waals surface area contributed by atoms with Crippen molar-refractivity contribution >= 4 is 16.8 Å². The molecule has 1 aliphatic heterocycles. The van der Waals surface area contributed by atoms with Gasteiger partial charge in [0.1, 0.15) is 0 Å². The predicted molar refractivity (Wildman–Crippen MR) is 102 cm³/mol. The van der Waals surface area contributed by atoms with Crippen molar-refractivity contribution in [2.45, 2.75) is 31.8 Å². The van der Waals surface area contributed by atoms with Crippen LogP contribution >= 0.6 is 0 Å². The summed E-state index contributed by atoms with van der Waals surface area (Å²) in [6.07, 6.45) is 6.77. The summed E-state index contributed by atoms with van der Waals surface area (Å²) in [6.45, 7) is 1.84. The van der Waals surface area contributed by atoms with Gasteiger partial charge in [0.15, 0.2) is 12.4 Å². The van der Waals surface area contributed by atoms with Gasteiger partial charge in [0.05, 0.1) is 6.04 Å². The molecule has 1 aromatic carbocycles. The van der Waals surface area contributed by atoms with E-state index in [9.17, 15) is 10.0 Å². The van der Waals surface area contributed by atoms with Crippen molar-refractivity contribution in [3.63, 3.8) is 0 Å². The van der Waals surface area contributed by atoms with Crippen LogP contribution in [0, 0.1) is 10.6 Å². The fraction of sp³-hybridized carbons (Fsp3) is 0.333. The lowest BCUT2D eigenvalue weighted by Crippen LogP contribution is -2.41. The van der Waals surface area contributed by atoms with E-state index < -0.39 is 5.91 Å². The van der Waals surface area contributed by atoms with Gasteiger partial charge in [-0.2, -0.15) is 4.73 Å². The van der Waals surface area contributed by atoms with Gasteiger partial charge < -0.3 is 20.8 Å². The number of aromatic nitrogens is 2. The summed E-state index contributed by atoms with van der Waals surface area (Å²) >= 11 is 0. The second kappa shape index (κ2) is 5.82. The fourth-order valence-corrected chi connectivity index (χ4v) is 4.60. The Kier molecular flexibility index (Phi) is 3.52. The Bertz CT molecular complexity index is 1050. The molecule has 3 N–H and O–H groups in total. The van der Waals surface area contributed by atoms with Gasteiger partial charge in [-0.15, -0.1) is 0 Å². The van der Waals surface area contributed by atoms with Crippen LogP contribution in [-0.4, -0.2) is 17.0 Å². The first-order valence-electron chi connectivity index (χ1n) is 9.40. The van der Waals surface area contributed by atoms with E-state index in [0.29, 0.717) is 5.56 Å². The highest BCUT2D eigenvalue weighted by Crippen LogP contribution is 2.46. The van der Waals surface area contributed by atoms with Crippen LogP contribution in [-0.2, 0) is 6.54 Å². The Balaban J connectivity index is 1.71. The summed E-state index contributed by atoms with van der Waals surface area (Å²) in [5.74, 6) is -0.412. The highest BCUT2D eigenvalue weighted by atomic mass is 16.5. The average Bonchev–Trinajstić information content (AvgIpc) is 2.86. The second-order valence-corrected chi connectivity index (χ2v) is 7.96. The molecular weight excluding hydrogens is 340 g/mol. The van der Waals surface area contributed by atoms with Crippen LogP contribution < -0.4 is 15.8 Å². The standard InChI is InChI=1S/C21H22N4O2/c22-20(26)15-5-4-14-9-18-19(16-3-1-8-24(27)11-16)23-12-21(6-2-7-21)13-25(18)17(14)10-15/h1,3-5,8-11,19,23H,2,6-7,12-13H2,(H2,22,26). The minimum absolute atomic E-state index is 0.0594. The van der Waals surface area contributed by atoms with E-state index >= 15 is 0 Å². The number of fused-ring (bicyclic) bond motifs is 3. The molecule has 1 aliphatic carbocycles. The molecule has 1 atom stereocenters. The Hall–Kier alpha value is -2.86. The molecule has 0 bridgehead atoms. The second-order valence-electron chi connectivity index (χ2n) is 7.96. The molecule has 1 unspecified atom stereocenters. The maximum absolute atomic E-state index is 11.8. The lowest BCUT2D eigenvalue weighted by Gasteiger charge is -2.41. The van der Waals surface area contributed by atoms with Crippen LogP contribution in [0.5, 0.6) is 0 Å². The van der Waals surface area contributed by atoms with Crippen LogP contribution in [0.15, 0.2) is 48.8 Å². The maximum atomic E-state index is 11.8. The van der Waals surface area contributed by atoms with E-state index in [2.05, 4.69) is 16.0 Å². The van der Waals surface area contributed by atoms with Crippen molar-refractivity contribution in [3.05, 3.63) is 70.8 Å². The summed E-state index contributed by atoms with van der Waals surface area (Å²) in [5, 5.41) is 16.6. The lowest BCUT2D eigenvalue weighted by atomic mass is 9.68. The molecule has 0 radical (unpaired) electrons. The van der Waals surface area contributed by atoms with Gasteiger partial charge >= 0.3 is 0 Å². The number of amides is 1. The Morgan fingerprint density at radius 3 is 2.85 bits per heavy atom. The lowest BCUT2D eigenvalue weighted by molar-refractivity contribution is -0.605. The number of nitrogens with two attached hydrogens (primary N) is 1. The Morgan fingerprint density at radius 2 is 2.15 bits per heavy atom. The number of nitrogens with one attached hydrogen (secondary N) is 1. The normalized spacial score (nSPS) is 20.8. The molecule has 0 saturated heterocycles. The monoisotopic (exact) mass is 362 g/mol. The topological polar surface area (TPSA) is 87.0 Å². The molecule has 1 fully saturated rings. The molecule has 3 heterocycles. The fourth-order valence-electron chi connectivity index (χ4n) is 4.60. The van der Waals surface area contributed by atoms with Gasteiger partial charge in [-0.1, -0.05) is 12.5 Å². The van der Waals surface area contributed by atoms with Crippen molar-refractivity contribution in [2.75, 3.05) is 6.54 Å². The molecule has 1 saturated carbocycles. The smallest absolute Gasteiger partial charge is 0.248 e. The molecule has 3 aromatic rings. The third-order valence-corrected chi connectivity index (χ3v) is 6.24. The van der Waals surface area contributed by atoms with E-state index in [-0.39, 0.29) is 11.5 Å². The van der Waals surface area contributed by atoms with E-state index in [1.807, 2.05) is 18.2 Å². The van der Waals surface area contributed by atoms with Crippen molar-refractivity contribution in [3.8, 4) is 0 Å². The van der Waals surface area contributed by atoms with E-state index in [0.717, 1.165) is 40.0 Å². The summed E-state index contributed by atoms with van der Waals surface area (Å²) in [5.41, 5.74) is 9.38. The number of pyridine rings is 1. The Morgan fingerprint density at radius 1 is 1.30 bits per heavy atom. The largest absolute Gasteiger partial charge is 0.619 e. The number of hydrogen-bond acceptors (Lipinski definition) is 3. The number of carbonyl (C=O) groups is 1. The van der Waals surface area contributed by atoms with Gasteiger partial charge in [-0.05, 0) is 42.5 Å². The van der Waals surface area contributed by atoms with Crippen molar-refractivity contribution in [1.82, 2.24) is 9.88 Å². The number of primary amides is 1. The summed E-state index contributed by atoms with van der Waals surface area (Å²) in [4.78, 5) is 11.7. The molecule has 138 valence electrons. The molecular formula is C21H22N4O2. The SMILES string of the molecule is NC(=O)c1ccc2cc3n(c2c1)CC1(CCC1)CNC3c1ccc[n+]([O-])c1. The number of hydrogen-bond donors (Lipinski definition) is 2. The molecule has 6 heteroatoms. The molecule has 1 amide bonds. The number of nitrogens with zero attached hydrogens (tertiary/aromatic N) is 2. The highest BCUT2D eigenvalue weighted by Gasteiger charge is 2.41. The maximum Gasteiger partial charge on any atom is 0.248 e.